The molecule has 16 rings (SSSR count). The second kappa shape index (κ2) is 50.5. The Bertz CT molecular complexity index is 4770. The summed E-state index contributed by atoms with van der Waals surface area (Å²) in [6.45, 7) is 9.09. The molecular weight excluding hydrogens is 1450 g/mol. The Kier molecular flexibility index (Phi) is 49.6. The van der Waals surface area contributed by atoms with Crippen molar-refractivity contribution in [2.75, 3.05) is 0 Å². The van der Waals surface area contributed by atoms with Crippen LogP contribution in [0.15, 0.2) is 315 Å². The van der Waals surface area contributed by atoms with E-state index in [9.17, 15) is 0 Å². The van der Waals surface area contributed by atoms with Crippen LogP contribution in [-0.4, -0.2) is 0 Å². The van der Waals surface area contributed by atoms with Gasteiger partial charge >= 0.3 is 411 Å². The van der Waals surface area contributed by atoms with E-state index in [1.54, 1.807) is 0 Å². The van der Waals surface area contributed by atoms with Crippen LogP contribution >= 0.6 is 0 Å². The van der Waals surface area contributed by atoms with Crippen LogP contribution in [0.2, 0.25) is 0 Å². The van der Waals surface area contributed by atoms with E-state index in [2.05, 4.69) is 307 Å². The van der Waals surface area contributed by atoms with Crippen molar-refractivity contribution >= 4 is 64.6 Å². The summed E-state index contributed by atoms with van der Waals surface area (Å²) in [6, 6.07) is 136. The first-order chi connectivity index (χ1) is 45.2. The molecule has 16 aromatic rings. The summed E-state index contributed by atoms with van der Waals surface area (Å²) < 4.78 is 0. The van der Waals surface area contributed by atoms with Crippen LogP contribution in [0.25, 0.3) is 86.9 Å². The predicted molar refractivity (Wildman–Crippen MR) is 408 cm³/mol. The Labute approximate surface area is 956 Å². The van der Waals surface area contributed by atoms with Crippen molar-refractivity contribution in [2.24, 2.45) is 0 Å². The Balaban J connectivity index is 0.000000454. The van der Waals surface area contributed by atoms with E-state index in [1.807, 2.05) is 84.9 Å². The van der Waals surface area contributed by atoms with E-state index < -0.39 is 0 Å². The van der Waals surface area contributed by atoms with Crippen molar-refractivity contribution in [1.82, 2.24) is 0 Å². The molecule has 0 aliphatic rings. The van der Waals surface area contributed by atoms with Crippen molar-refractivity contribution in [2.45, 2.75) is 73.6 Å². The van der Waals surface area contributed by atoms with Gasteiger partial charge in [0.15, 0.2) is 0 Å². The molecule has 0 heterocycles. The van der Waals surface area contributed by atoms with Crippen LogP contribution in [0.1, 0.15) is 94.5 Å². The third-order valence-corrected chi connectivity index (χ3v) is 18.1. The molecular formula is C95H80K8. The van der Waals surface area contributed by atoms with Gasteiger partial charge in [-0.3, -0.25) is 0 Å². The maximum Gasteiger partial charge on any atom is 1.00 e. The minimum Gasteiger partial charge on any atom is -0.218 e. The molecule has 0 atom stereocenters. The molecule has 0 aliphatic carbocycles. The molecule has 16 aromatic carbocycles. The molecule has 103 heavy (non-hydrogen) atoms. The molecule has 0 amide bonds. The fourth-order valence-corrected chi connectivity index (χ4v) is 12.8. The molecule has 0 N–H and O–H groups in total. The van der Waals surface area contributed by atoms with Gasteiger partial charge in [0.25, 0.3) is 0 Å². The molecule has 8 heteroatoms. The van der Waals surface area contributed by atoms with E-state index in [4.69, 9.17) is 0 Å². The molecule has 0 aromatic heterocycles. The second-order valence-corrected chi connectivity index (χ2v) is 24.5. The van der Waals surface area contributed by atoms with Gasteiger partial charge in [-0.15, -0.1) is 90.6 Å². The predicted octanol–water partition coefficient (Wildman–Crippen LogP) is 1.17. The molecule has 0 aliphatic heterocycles. The molecule has 468 valence electrons. The summed E-state index contributed by atoms with van der Waals surface area (Å²) in [7, 11) is 0. The summed E-state index contributed by atoms with van der Waals surface area (Å²) >= 11 is 0. The first-order valence-corrected chi connectivity index (χ1v) is 31.6. The molecule has 0 saturated heterocycles. The maximum absolute atomic E-state index is 3.39. The zero-order valence-corrected chi connectivity index (χ0v) is 85.4. The van der Waals surface area contributed by atoms with Crippen molar-refractivity contribution in [3.05, 3.63) is 408 Å². The first kappa shape index (κ1) is 101. The van der Waals surface area contributed by atoms with Gasteiger partial charge in [0.1, 0.15) is 0 Å². The van der Waals surface area contributed by atoms with Gasteiger partial charge in [0, 0.05) is 0 Å². The van der Waals surface area contributed by atoms with Gasteiger partial charge in [-0.25, -0.2) is 11.1 Å². The number of rotatable bonds is 10. The SMILES string of the molecule is C.C.C.CC(C)(c1cc[c-]cc1)c1ccc(C(C)(C)c2cc[c-]cc2)cc1.[K+].[K+].[K+].[K+].[K+].[K+].[K+].[K+].[c-]1ccc(Cc2c3ccccc3c(Cc3cc[c-]cc3)c3ccccc23)cc1.[c-]1ccc2cc(-c3ccc4c[c-]ccc4c3)ccc2c1.[c-]1ccc2ccccc2c1-c1[c-]ccc2ccccc12. The van der Waals surface area contributed by atoms with E-state index >= 15 is 0 Å². The quantitative estimate of drug-likeness (QED) is 0.110. The number of benzene rings is 16. The van der Waals surface area contributed by atoms with Crippen LogP contribution in [0, 0.1) is 48.5 Å². The smallest absolute Gasteiger partial charge is 0.218 e. The zero-order valence-electron chi connectivity index (χ0n) is 60.4. The number of fused-ring (bicyclic) bond motifs is 6. The largest absolute Gasteiger partial charge is 1.00 e. The van der Waals surface area contributed by atoms with Crippen molar-refractivity contribution in [3.8, 4) is 22.3 Å². The molecule has 0 nitrogen and oxygen atoms in total. The van der Waals surface area contributed by atoms with E-state index in [1.165, 1.54) is 120 Å². The maximum atomic E-state index is 3.39. The van der Waals surface area contributed by atoms with Crippen LogP contribution in [0.5, 0.6) is 0 Å². The van der Waals surface area contributed by atoms with Crippen LogP contribution in [0.4, 0.5) is 0 Å². The van der Waals surface area contributed by atoms with Gasteiger partial charge in [-0.2, -0.15) is 205 Å². The summed E-state index contributed by atoms with van der Waals surface area (Å²) in [5.41, 5.74) is 15.4. The van der Waals surface area contributed by atoms with Crippen LogP contribution in [-0.2, 0) is 23.7 Å². The minimum absolute atomic E-state index is 0. The number of hydrogen-bond donors (Lipinski definition) is 0. The molecule has 0 saturated carbocycles. The van der Waals surface area contributed by atoms with Gasteiger partial charge in [0.05, 0.1) is 0 Å². The van der Waals surface area contributed by atoms with Crippen LogP contribution < -0.4 is 411 Å². The van der Waals surface area contributed by atoms with Gasteiger partial charge in [-0.05, 0) is 78.6 Å². The summed E-state index contributed by atoms with van der Waals surface area (Å²) in [6.07, 6.45) is 1.85. The molecule has 0 fully saturated rings. The zero-order chi connectivity index (χ0) is 62.7. The molecule has 0 spiro atoms. The summed E-state index contributed by atoms with van der Waals surface area (Å²) in [5.74, 6) is 0. The first-order valence-electron chi connectivity index (χ1n) is 31.6. The second-order valence-electron chi connectivity index (χ2n) is 24.5. The third-order valence-electron chi connectivity index (χ3n) is 18.1. The fraction of sp³-hybridized carbons (Fsp3) is 0.116. The fourth-order valence-electron chi connectivity index (χ4n) is 12.8. The third kappa shape index (κ3) is 26.1. The Morgan fingerprint density at radius 2 is 0.515 bits per heavy atom. The van der Waals surface area contributed by atoms with Crippen molar-refractivity contribution in [1.29, 1.82) is 0 Å². The summed E-state index contributed by atoms with van der Waals surface area (Å²) in [4.78, 5) is 0. The van der Waals surface area contributed by atoms with Gasteiger partial charge in [0.2, 0.25) is 0 Å². The average Bonchev–Trinajstić information content (AvgIpc) is 0.759. The average molecular weight is 1530 g/mol. The minimum atomic E-state index is -0.0144. The van der Waals surface area contributed by atoms with Crippen molar-refractivity contribution < 1.29 is 411 Å². The van der Waals surface area contributed by atoms with E-state index in [-0.39, 0.29) is 444 Å². The molecule has 0 radical (unpaired) electrons. The number of hydrogen-bond acceptors (Lipinski definition) is 0. The van der Waals surface area contributed by atoms with Gasteiger partial charge in [-0.1, -0.05) is 183 Å². The topological polar surface area (TPSA) is 0 Å². The Morgan fingerprint density at radius 1 is 0.243 bits per heavy atom. The van der Waals surface area contributed by atoms with Gasteiger partial charge < -0.3 is 0 Å². The van der Waals surface area contributed by atoms with E-state index in [0.29, 0.717) is 0 Å². The van der Waals surface area contributed by atoms with Crippen molar-refractivity contribution in [3.63, 3.8) is 0 Å². The monoisotopic (exact) mass is 1530 g/mol. The normalized spacial score (nSPS) is 10.1. The standard InChI is InChI=1S/C28H20.C24H24.2C20H12.3CH4.8K/c1-3-11-21(12-4-1)19-27-23-15-7-9-17-25(23)28(20-22-13-5-2-6-14-22)26-18-10-8-16-24(26)27;1-23(2,19-11-7-5-8-12-19)21-15-17-22(18-16-21)24(3,4)20-13-9-6-10-14-20;1-3-11-17-15(7-1)9-5-13-19(17)20-14-6-10-16-8-2-4-12-18(16)20;1-3-7-17-13-19(11-9-15(17)5-1)20-12-10-16-6-2-4-8-18(16)14-20;;;;;;;;;;;/h3-18H,19-20H2;7-18H,1-4H3;1-12H;3-14H;3*1H4;;;;;;;;/q4*-2;;;;8*+1. The van der Waals surface area contributed by atoms with Crippen LogP contribution in [0.3, 0.4) is 0 Å². The molecule has 0 bridgehead atoms. The Hall–Kier alpha value is 2.17. The van der Waals surface area contributed by atoms with E-state index in [0.717, 1.165) is 24.0 Å². The molecule has 0 unspecified atom stereocenters. The Morgan fingerprint density at radius 3 is 0.845 bits per heavy atom. The summed E-state index contributed by atoms with van der Waals surface area (Å²) in [5, 5.41) is 15.3.